The maximum atomic E-state index is 6.15. The molecular weight excluding hydrogens is 354 g/mol. The summed E-state index contributed by atoms with van der Waals surface area (Å²) in [7, 11) is 0. The molecule has 2 aromatic carbocycles. The van der Waals surface area contributed by atoms with Crippen LogP contribution in [-0.2, 0) is 19.7 Å². The van der Waals surface area contributed by atoms with Crippen LogP contribution in [0.1, 0.15) is 37.8 Å². The van der Waals surface area contributed by atoms with Gasteiger partial charge in [0.1, 0.15) is 6.61 Å². The summed E-state index contributed by atoms with van der Waals surface area (Å²) in [4.78, 5) is 0. The molecule has 0 fully saturated rings. The Hall–Kier alpha value is -3.09. The van der Waals surface area contributed by atoms with Gasteiger partial charge in [0.05, 0.1) is 6.61 Å². The molecule has 0 atom stereocenters. The van der Waals surface area contributed by atoms with Crippen molar-refractivity contribution in [1.29, 1.82) is 0 Å². The van der Waals surface area contributed by atoms with Gasteiger partial charge < -0.3 is 14.8 Å². The molecule has 0 saturated heterocycles. The number of nitrogens with zero attached hydrogens (tertiary/aromatic N) is 4. The summed E-state index contributed by atoms with van der Waals surface area (Å²) in [5.41, 5.74) is 2.10. The highest BCUT2D eigenvalue weighted by Crippen LogP contribution is 2.32. The molecule has 0 saturated carbocycles. The van der Waals surface area contributed by atoms with Crippen molar-refractivity contribution in [1.82, 2.24) is 20.2 Å². The quantitative estimate of drug-likeness (QED) is 0.540. The number of tetrazole rings is 1. The molecule has 0 radical (unpaired) electrons. The van der Waals surface area contributed by atoms with Gasteiger partial charge in [-0.2, -0.15) is 0 Å². The van der Waals surface area contributed by atoms with E-state index < -0.39 is 0 Å². The van der Waals surface area contributed by atoms with Crippen LogP contribution in [0.3, 0.4) is 0 Å². The summed E-state index contributed by atoms with van der Waals surface area (Å²) in [5, 5.41) is 15.2. The summed E-state index contributed by atoms with van der Waals surface area (Å²) in [6.45, 7) is 6.50. The number of anilines is 1. The summed E-state index contributed by atoms with van der Waals surface area (Å²) in [6, 6.07) is 16.0. The molecule has 148 valence electrons. The summed E-state index contributed by atoms with van der Waals surface area (Å²) in [6.07, 6.45) is 2.12. The highest BCUT2D eigenvalue weighted by molar-refractivity contribution is 5.48. The lowest BCUT2D eigenvalue weighted by atomic mass is 10.1. The van der Waals surface area contributed by atoms with Crippen molar-refractivity contribution < 1.29 is 9.47 Å². The van der Waals surface area contributed by atoms with Crippen molar-refractivity contribution in [2.75, 3.05) is 11.9 Å². The van der Waals surface area contributed by atoms with E-state index >= 15 is 0 Å². The van der Waals surface area contributed by atoms with Crippen LogP contribution in [-0.4, -0.2) is 26.8 Å². The third-order valence-corrected chi connectivity index (χ3v) is 4.28. The highest BCUT2D eigenvalue weighted by atomic mass is 16.5. The fraction of sp³-hybridized carbons (Fsp3) is 0.381. The molecule has 3 aromatic rings. The summed E-state index contributed by atoms with van der Waals surface area (Å²) in [5.74, 6) is 2.14. The van der Waals surface area contributed by atoms with Gasteiger partial charge in [-0.3, -0.25) is 0 Å². The van der Waals surface area contributed by atoms with E-state index in [0.29, 0.717) is 25.7 Å². The SMILES string of the molecule is CCCCn1nnnc1NCc1cccc(OCC)c1OCc1ccccc1. The number of ether oxygens (including phenoxy) is 2. The van der Waals surface area contributed by atoms with E-state index in [-0.39, 0.29) is 0 Å². The number of hydrogen-bond acceptors (Lipinski definition) is 6. The zero-order chi connectivity index (χ0) is 19.6. The Morgan fingerprint density at radius 3 is 2.64 bits per heavy atom. The zero-order valence-electron chi connectivity index (χ0n) is 16.5. The fourth-order valence-electron chi connectivity index (χ4n) is 2.83. The average molecular weight is 381 g/mol. The van der Waals surface area contributed by atoms with Gasteiger partial charge in [0, 0.05) is 18.7 Å². The number of unbranched alkanes of at least 4 members (excludes halogenated alkanes) is 1. The van der Waals surface area contributed by atoms with Crippen LogP contribution in [0.5, 0.6) is 11.5 Å². The topological polar surface area (TPSA) is 74.1 Å². The molecule has 1 heterocycles. The lowest BCUT2D eigenvalue weighted by Gasteiger charge is -2.16. The highest BCUT2D eigenvalue weighted by Gasteiger charge is 2.13. The van der Waals surface area contributed by atoms with E-state index in [0.717, 1.165) is 42.0 Å². The van der Waals surface area contributed by atoms with E-state index in [9.17, 15) is 0 Å². The van der Waals surface area contributed by atoms with Crippen LogP contribution in [0, 0.1) is 0 Å². The monoisotopic (exact) mass is 381 g/mol. The van der Waals surface area contributed by atoms with Crippen LogP contribution >= 0.6 is 0 Å². The molecule has 28 heavy (non-hydrogen) atoms. The smallest absolute Gasteiger partial charge is 0.243 e. The minimum atomic E-state index is 0.478. The first-order valence-corrected chi connectivity index (χ1v) is 9.73. The Balaban J connectivity index is 1.74. The molecule has 1 N–H and O–H groups in total. The maximum Gasteiger partial charge on any atom is 0.243 e. The van der Waals surface area contributed by atoms with Crippen molar-refractivity contribution in [3.8, 4) is 11.5 Å². The number of aryl methyl sites for hydroxylation is 1. The van der Waals surface area contributed by atoms with E-state index in [1.54, 1.807) is 4.68 Å². The maximum absolute atomic E-state index is 6.15. The molecule has 7 heteroatoms. The van der Waals surface area contributed by atoms with Gasteiger partial charge in [-0.1, -0.05) is 60.9 Å². The number of para-hydroxylation sites is 1. The molecule has 1 aromatic heterocycles. The minimum absolute atomic E-state index is 0.478. The normalized spacial score (nSPS) is 10.6. The van der Waals surface area contributed by atoms with Crippen LogP contribution in [0.15, 0.2) is 48.5 Å². The van der Waals surface area contributed by atoms with Crippen molar-refractivity contribution in [3.05, 3.63) is 59.7 Å². The van der Waals surface area contributed by atoms with Gasteiger partial charge in [0.25, 0.3) is 0 Å². The van der Waals surface area contributed by atoms with Gasteiger partial charge in [-0.15, -0.1) is 0 Å². The molecule has 3 rings (SSSR count). The lowest BCUT2D eigenvalue weighted by molar-refractivity contribution is 0.267. The predicted octanol–water partition coefficient (Wildman–Crippen LogP) is 4.06. The van der Waals surface area contributed by atoms with Crippen LogP contribution in [0.4, 0.5) is 5.95 Å². The molecule has 0 amide bonds. The van der Waals surface area contributed by atoms with Crippen molar-refractivity contribution in [2.24, 2.45) is 0 Å². The first kappa shape index (κ1) is 19.7. The van der Waals surface area contributed by atoms with Gasteiger partial charge in [0.2, 0.25) is 5.95 Å². The average Bonchev–Trinajstić information content (AvgIpc) is 3.18. The molecule has 0 unspecified atom stereocenters. The third-order valence-electron chi connectivity index (χ3n) is 4.28. The van der Waals surface area contributed by atoms with Crippen LogP contribution < -0.4 is 14.8 Å². The first-order chi connectivity index (χ1) is 13.8. The van der Waals surface area contributed by atoms with E-state index in [1.165, 1.54) is 0 Å². The van der Waals surface area contributed by atoms with Crippen molar-refractivity contribution >= 4 is 5.95 Å². The largest absolute Gasteiger partial charge is 0.490 e. The number of benzene rings is 2. The molecule has 0 aliphatic heterocycles. The summed E-state index contributed by atoms with van der Waals surface area (Å²) < 4.78 is 13.7. The molecule has 0 aliphatic rings. The zero-order valence-corrected chi connectivity index (χ0v) is 16.5. The molecule has 0 bridgehead atoms. The fourth-order valence-corrected chi connectivity index (χ4v) is 2.83. The first-order valence-electron chi connectivity index (χ1n) is 9.73. The second kappa shape index (κ2) is 10.3. The molecule has 7 nitrogen and oxygen atoms in total. The summed E-state index contributed by atoms with van der Waals surface area (Å²) >= 11 is 0. The third kappa shape index (κ3) is 5.22. The molecule has 0 spiro atoms. The number of rotatable bonds is 11. The lowest BCUT2D eigenvalue weighted by Crippen LogP contribution is -2.10. The Kier molecular flexibility index (Phi) is 7.23. The number of hydrogen-bond donors (Lipinski definition) is 1. The van der Waals surface area contributed by atoms with E-state index in [2.05, 4.69) is 27.8 Å². The van der Waals surface area contributed by atoms with Gasteiger partial charge in [0.15, 0.2) is 11.5 Å². The minimum Gasteiger partial charge on any atom is -0.490 e. The van der Waals surface area contributed by atoms with Crippen molar-refractivity contribution in [2.45, 2.75) is 46.4 Å². The Morgan fingerprint density at radius 2 is 1.86 bits per heavy atom. The predicted molar refractivity (Wildman–Crippen MR) is 108 cm³/mol. The Labute approximate surface area is 165 Å². The number of aromatic nitrogens is 4. The van der Waals surface area contributed by atoms with Crippen molar-refractivity contribution in [3.63, 3.8) is 0 Å². The Morgan fingerprint density at radius 1 is 1.00 bits per heavy atom. The molecule has 0 aliphatic carbocycles. The van der Waals surface area contributed by atoms with E-state index in [4.69, 9.17) is 9.47 Å². The van der Waals surface area contributed by atoms with Gasteiger partial charge in [-0.25, -0.2) is 4.68 Å². The molecular formula is C21H27N5O2. The van der Waals surface area contributed by atoms with Gasteiger partial charge >= 0.3 is 0 Å². The standard InChI is InChI=1S/C21H27N5O2/c1-3-5-14-26-21(23-24-25-26)22-15-18-12-9-13-19(27-4-2)20(18)28-16-17-10-7-6-8-11-17/h6-13H,3-5,14-16H2,1-2H3,(H,22,23,25). The second-order valence-electron chi connectivity index (χ2n) is 6.38. The van der Waals surface area contributed by atoms with Crippen LogP contribution in [0.25, 0.3) is 0 Å². The van der Waals surface area contributed by atoms with Crippen LogP contribution in [0.2, 0.25) is 0 Å². The Bertz CT molecular complexity index is 851. The van der Waals surface area contributed by atoms with Gasteiger partial charge in [-0.05, 0) is 35.4 Å². The number of nitrogens with one attached hydrogen (secondary N) is 1. The second-order valence-corrected chi connectivity index (χ2v) is 6.38. The van der Waals surface area contributed by atoms with E-state index in [1.807, 2.05) is 55.5 Å².